The van der Waals surface area contributed by atoms with Crippen molar-refractivity contribution in [3.63, 3.8) is 0 Å². The Kier molecular flexibility index (Phi) is 6.60. The molecule has 0 saturated carbocycles. The summed E-state index contributed by atoms with van der Waals surface area (Å²) in [5.74, 6) is 6.78. The maximum atomic E-state index is 6.06. The first kappa shape index (κ1) is 24.6. The van der Waals surface area contributed by atoms with Crippen LogP contribution in [0.2, 0.25) is 0 Å². The van der Waals surface area contributed by atoms with E-state index in [0.717, 1.165) is 51.5 Å². The quantitative estimate of drug-likeness (QED) is 0.218. The van der Waals surface area contributed by atoms with E-state index >= 15 is 0 Å². The van der Waals surface area contributed by atoms with Crippen molar-refractivity contribution in [3.05, 3.63) is 152 Å². The number of para-hydroxylation sites is 4. The van der Waals surface area contributed by atoms with E-state index in [0.29, 0.717) is 0 Å². The summed E-state index contributed by atoms with van der Waals surface area (Å²) in [5.41, 5.74) is 3.54. The molecule has 0 fully saturated rings. The van der Waals surface area contributed by atoms with Gasteiger partial charge in [0.05, 0.1) is 0 Å². The molecule has 0 amide bonds. The second-order valence-electron chi connectivity index (χ2n) is 9.69. The van der Waals surface area contributed by atoms with E-state index in [-0.39, 0.29) is 6.71 Å². The first-order valence-electron chi connectivity index (χ1n) is 13.5. The van der Waals surface area contributed by atoms with Crippen molar-refractivity contribution in [1.82, 2.24) is 0 Å². The molecular weight excluding hydrogens is 507 g/mol. The van der Waals surface area contributed by atoms with Crippen LogP contribution in [0.1, 0.15) is 0 Å². The highest BCUT2D eigenvalue weighted by Crippen LogP contribution is 2.33. The van der Waals surface area contributed by atoms with Gasteiger partial charge in [-0.1, -0.05) is 84.9 Å². The maximum absolute atomic E-state index is 6.06. The van der Waals surface area contributed by atoms with Crippen LogP contribution >= 0.6 is 0 Å². The second-order valence-corrected chi connectivity index (χ2v) is 9.69. The van der Waals surface area contributed by atoms with E-state index in [4.69, 9.17) is 18.9 Å². The standard InChI is InChI=1S/C18H11BO2.C18H14O2/c1-3-8-14-12(6-1)19-13-7-2-4-9-15(13)21-17-11-5-10-16(20-14)18(17)19;1-3-8-15(9-4-1)19-17-12-7-13-18(14-17)20-16-10-5-2-6-11-16/h1-11H;1-14H. The molecule has 2 aliphatic rings. The molecule has 0 spiro atoms. The molecule has 196 valence electrons. The number of ether oxygens (including phenoxy) is 4. The Bertz CT molecular complexity index is 1680. The lowest BCUT2D eigenvalue weighted by molar-refractivity contribution is 0.460. The van der Waals surface area contributed by atoms with Gasteiger partial charge in [-0.3, -0.25) is 0 Å². The van der Waals surface area contributed by atoms with Gasteiger partial charge in [0.25, 0.3) is 6.71 Å². The van der Waals surface area contributed by atoms with Crippen LogP contribution < -0.4 is 35.3 Å². The Balaban J connectivity index is 0.000000135. The van der Waals surface area contributed by atoms with Gasteiger partial charge in [-0.2, -0.15) is 0 Å². The average molecular weight is 532 g/mol. The predicted molar refractivity (Wildman–Crippen MR) is 164 cm³/mol. The third kappa shape index (κ3) is 5.13. The van der Waals surface area contributed by atoms with Gasteiger partial charge in [-0.15, -0.1) is 0 Å². The summed E-state index contributed by atoms with van der Waals surface area (Å²) in [6, 6.07) is 49.5. The molecule has 5 heteroatoms. The second kappa shape index (κ2) is 11.0. The summed E-state index contributed by atoms with van der Waals surface area (Å²) in [7, 11) is 0. The van der Waals surface area contributed by atoms with Crippen molar-refractivity contribution in [1.29, 1.82) is 0 Å². The van der Waals surface area contributed by atoms with Gasteiger partial charge >= 0.3 is 0 Å². The lowest BCUT2D eigenvalue weighted by Gasteiger charge is -2.32. The molecular formula is C36H25BO4. The van der Waals surface area contributed by atoms with E-state index in [1.807, 2.05) is 127 Å². The molecule has 4 nitrogen and oxygen atoms in total. The molecule has 2 heterocycles. The molecule has 41 heavy (non-hydrogen) atoms. The topological polar surface area (TPSA) is 36.9 Å². The monoisotopic (exact) mass is 532 g/mol. The molecule has 6 aromatic rings. The van der Waals surface area contributed by atoms with Crippen LogP contribution in [0.3, 0.4) is 0 Å². The molecule has 8 rings (SSSR count). The van der Waals surface area contributed by atoms with Gasteiger partial charge in [0, 0.05) is 11.5 Å². The number of hydrogen-bond acceptors (Lipinski definition) is 4. The highest BCUT2D eigenvalue weighted by Gasteiger charge is 2.39. The zero-order valence-electron chi connectivity index (χ0n) is 22.1. The van der Waals surface area contributed by atoms with Crippen molar-refractivity contribution in [2.24, 2.45) is 0 Å². The first-order valence-corrected chi connectivity index (χ1v) is 13.5. The number of hydrogen-bond donors (Lipinski definition) is 0. The van der Waals surface area contributed by atoms with Gasteiger partial charge in [0.2, 0.25) is 0 Å². The zero-order chi connectivity index (χ0) is 27.4. The first-order chi connectivity index (χ1) is 20.3. The fourth-order valence-electron chi connectivity index (χ4n) is 5.18. The highest BCUT2D eigenvalue weighted by atomic mass is 16.5. The predicted octanol–water partition coefficient (Wildman–Crippen LogP) is 7.69. The van der Waals surface area contributed by atoms with E-state index in [1.165, 1.54) is 10.9 Å². The van der Waals surface area contributed by atoms with Crippen LogP contribution in [0.25, 0.3) is 0 Å². The van der Waals surface area contributed by atoms with Crippen LogP contribution in [-0.4, -0.2) is 6.71 Å². The molecule has 0 atom stereocenters. The van der Waals surface area contributed by atoms with Crippen molar-refractivity contribution in [3.8, 4) is 46.0 Å². The zero-order valence-corrected chi connectivity index (χ0v) is 22.1. The number of benzene rings is 6. The van der Waals surface area contributed by atoms with Gasteiger partial charge in [0.1, 0.15) is 46.0 Å². The van der Waals surface area contributed by atoms with Crippen LogP contribution in [0.5, 0.6) is 46.0 Å². The third-order valence-corrected chi connectivity index (χ3v) is 6.98. The van der Waals surface area contributed by atoms with Crippen LogP contribution in [0, 0.1) is 0 Å². The summed E-state index contributed by atoms with van der Waals surface area (Å²) in [4.78, 5) is 0. The molecule has 0 N–H and O–H groups in total. The Morgan fingerprint density at radius 2 is 0.756 bits per heavy atom. The van der Waals surface area contributed by atoms with Crippen LogP contribution in [0.15, 0.2) is 152 Å². The Morgan fingerprint density at radius 1 is 0.366 bits per heavy atom. The van der Waals surface area contributed by atoms with Crippen molar-refractivity contribution >= 4 is 23.1 Å². The molecule has 0 unspecified atom stereocenters. The summed E-state index contributed by atoms with van der Waals surface area (Å²) >= 11 is 0. The minimum absolute atomic E-state index is 0.186. The maximum Gasteiger partial charge on any atom is 0.260 e. The van der Waals surface area contributed by atoms with Gasteiger partial charge in [-0.05, 0) is 71.6 Å². The molecule has 0 aliphatic carbocycles. The Morgan fingerprint density at radius 3 is 1.27 bits per heavy atom. The molecule has 0 bridgehead atoms. The summed E-state index contributed by atoms with van der Waals surface area (Å²) in [6.45, 7) is 0.186. The summed E-state index contributed by atoms with van der Waals surface area (Å²) < 4.78 is 23.7. The normalized spacial score (nSPS) is 11.8. The summed E-state index contributed by atoms with van der Waals surface area (Å²) in [6.07, 6.45) is 0. The molecule has 2 aliphatic heterocycles. The molecule has 6 aromatic carbocycles. The largest absolute Gasteiger partial charge is 0.458 e. The van der Waals surface area contributed by atoms with E-state index in [2.05, 4.69) is 24.3 Å². The molecule has 0 saturated heterocycles. The van der Waals surface area contributed by atoms with E-state index in [1.54, 1.807) is 0 Å². The smallest absolute Gasteiger partial charge is 0.260 e. The number of rotatable bonds is 4. The fraction of sp³-hybridized carbons (Fsp3) is 0. The lowest BCUT2D eigenvalue weighted by atomic mass is 9.35. The lowest BCUT2D eigenvalue weighted by Crippen LogP contribution is -2.57. The van der Waals surface area contributed by atoms with Crippen LogP contribution in [0.4, 0.5) is 0 Å². The Labute approximate surface area is 239 Å². The summed E-state index contributed by atoms with van der Waals surface area (Å²) in [5, 5.41) is 0. The van der Waals surface area contributed by atoms with Gasteiger partial charge in [0.15, 0.2) is 0 Å². The average Bonchev–Trinajstić information content (AvgIpc) is 3.02. The van der Waals surface area contributed by atoms with E-state index < -0.39 is 0 Å². The highest BCUT2D eigenvalue weighted by molar-refractivity contribution is 6.98. The van der Waals surface area contributed by atoms with Crippen LogP contribution in [-0.2, 0) is 0 Å². The molecule has 0 aromatic heterocycles. The van der Waals surface area contributed by atoms with Crippen molar-refractivity contribution in [2.75, 3.05) is 0 Å². The van der Waals surface area contributed by atoms with Gasteiger partial charge in [-0.25, -0.2) is 0 Å². The van der Waals surface area contributed by atoms with E-state index in [9.17, 15) is 0 Å². The Hall–Kier alpha value is -5.42. The van der Waals surface area contributed by atoms with Gasteiger partial charge < -0.3 is 18.9 Å². The number of fused-ring (bicyclic) bond motifs is 4. The minimum Gasteiger partial charge on any atom is -0.458 e. The SMILES string of the molecule is c1ccc(Oc2cccc(Oc3ccccc3)c2)cc1.c1ccc2c(c1)Oc1cccc3c1B2c1ccccc1O3. The molecule has 0 radical (unpaired) electrons. The third-order valence-electron chi connectivity index (χ3n) is 6.98. The fourth-order valence-corrected chi connectivity index (χ4v) is 5.18. The van der Waals surface area contributed by atoms with Crippen molar-refractivity contribution in [2.45, 2.75) is 0 Å². The minimum atomic E-state index is 0.186. The van der Waals surface area contributed by atoms with Crippen molar-refractivity contribution < 1.29 is 18.9 Å².